The molecule has 2 aromatic carbocycles. The minimum Gasteiger partial charge on any atom is -0.495 e. The summed E-state index contributed by atoms with van der Waals surface area (Å²) in [4.78, 5) is 14.2. The Balaban J connectivity index is 2.06. The van der Waals surface area contributed by atoms with Crippen molar-refractivity contribution in [3.05, 3.63) is 64.8 Å². The molecule has 8 nitrogen and oxygen atoms in total. The Hall–Kier alpha value is -3.20. The Bertz CT molecular complexity index is 1060. The van der Waals surface area contributed by atoms with Gasteiger partial charge in [0.25, 0.3) is 15.7 Å². The predicted molar refractivity (Wildman–Crippen MR) is 92.2 cm³/mol. The second-order valence-electron chi connectivity index (χ2n) is 5.08. The van der Waals surface area contributed by atoms with Gasteiger partial charge in [0, 0.05) is 17.6 Å². The van der Waals surface area contributed by atoms with Crippen LogP contribution in [0.15, 0.2) is 59.6 Å². The van der Waals surface area contributed by atoms with Crippen LogP contribution in [0.5, 0.6) is 5.75 Å². The number of non-ortho nitro benzene ring substituents is 1. The molecule has 0 bridgehead atoms. The van der Waals surface area contributed by atoms with E-state index in [1.165, 1.54) is 7.11 Å². The van der Waals surface area contributed by atoms with E-state index in [-0.39, 0.29) is 16.3 Å². The number of fused-ring (bicyclic) bond motifs is 1. The lowest BCUT2D eigenvalue weighted by Gasteiger charge is -2.12. The minimum atomic E-state index is -4.03. The standard InChI is InChI=1S/C16H13N3O5S/c1-24-14-10-12(19(20)21)7-8-15(14)25(22,23)18-13-6-2-4-11-5-3-9-17-16(11)13/h2-10,18H,1H3. The van der Waals surface area contributed by atoms with E-state index >= 15 is 0 Å². The molecule has 0 spiro atoms. The number of methoxy groups -OCH3 is 1. The zero-order valence-corrected chi connectivity index (χ0v) is 13.9. The van der Waals surface area contributed by atoms with Crippen LogP contribution in [0.2, 0.25) is 0 Å². The molecule has 1 aromatic heterocycles. The van der Waals surface area contributed by atoms with Crippen molar-refractivity contribution < 1.29 is 18.1 Å². The quantitative estimate of drug-likeness (QED) is 0.554. The molecule has 1 heterocycles. The first-order chi connectivity index (χ1) is 11.9. The molecule has 0 atom stereocenters. The molecule has 25 heavy (non-hydrogen) atoms. The summed E-state index contributed by atoms with van der Waals surface area (Å²) in [6.07, 6.45) is 1.56. The first kappa shape index (κ1) is 16.7. The molecule has 9 heteroatoms. The zero-order chi connectivity index (χ0) is 18.0. The van der Waals surface area contributed by atoms with Crippen molar-refractivity contribution in [3.63, 3.8) is 0 Å². The normalized spacial score (nSPS) is 11.2. The molecule has 0 saturated carbocycles. The third kappa shape index (κ3) is 3.22. The third-order valence-corrected chi connectivity index (χ3v) is 4.93. The van der Waals surface area contributed by atoms with Crippen LogP contribution in [0.1, 0.15) is 0 Å². The number of benzene rings is 2. The fraction of sp³-hybridized carbons (Fsp3) is 0.0625. The highest BCUT2D eigenvalue weighted by Crippen LogP contribution is 2.31. The number of pyridine rings is 1. The largest absolute Gasteiger partial charge is 0.495 e. The Morgan fingerprint density at radius 2 is 1.92 bits per heavy atom. The summed E-state index contributed by atoms with van der Waals surface area (Å²) in [6, 6.07) is 12.0. The van der Waals surface area contributed by atoms with Crippen LogP contribution in [-0.4, -0.2) is 25.4 Å². The highest BCUT2D eigenvalue weighted by Gasteiger charge is 2.23. The van der Waals surface area contributed by atoms with E-state index in [0.717, 1.165) is 23.6 Å². The maximum atomic E-state index is 12.7. The summed E-state index contributed by atoms with van der Waals surface area (Å²) in [6.45, 7) is 0. The van der Waals surface area contributed by atoms with Crippen molar-refractivity contribution in [3.8, 4) is 5.75 Å². The molecule has 0 aliphatic rings. The van der Waals surface area contributed by atoms with Crippen molar-refractivity contribution in [2.75, 3.05) is 11.8 Å². The Morgan fingerprint density at radius 1 is 1.16 bits per heavy atom. The smallest absolute Gasteiger partial charge is 0.273 e. The molecule has 0 unspecified atom stereocenters. The number of hydrogen-bond donors (Lipinski definition) is 1. The highest BCUT2D eigenvalue weighted by atomic mass is 32.2. The van der Waals surface area contributed by atoms with Crippen LogP contribution in [0.4, 0.5) is 11.4 Å². The zero-order valence-electron chi connectivity index (χ0n) is 13.0. The van der Waals surface area contributed by atoms with Gasteiger partial charge in [0.1, 0.15) is 10.6 Å². The minimum absolute atomic E-state index is 0.116. The van der Waals surface area contributed by atoms with Crippen molar-refractivity contribution in [1.29, 1.82) is 0 Å². The van der Waals surface area contributed by atoms with Crippen molar-refractivity contribution in [2.45, 2.75) is 4.90 Å². The number of nitrogens with one attached hydrogen (secondary N) is 1. The fourth-order valence-electron chi connectivity index (χ4n) is 2.38. The summed E-state index contributed by atoms with van der Waals surface area (Å²) in [5, 5.41) is 11.6. The summed E-state index contributed by atoms with van der Waals surface area (Å²) in [7, 11) is -2.78. The number of nitro benzene ring substituents is 1. The first-order valence-electron chi connectivity index (χ1n) is 7.11. The summed E-state index contributed by atoms with van der Waals surface area (Å²) >= 11 is 0. The van der Waals surface area contributed by atoms with Crippen molar-refractivity contribution >= 4 is 32.3 Å². The number of aromatic nitrogens is 1. The van der Waals surface area contributed by atoms with Gasteiger partial charge in [-0.15, -0.1) is 0 Å². The van der Waals surface area contributed by atoms with Crippen molar-refractivity contribution in [1.82, 2.24) is 4.98 Å². The maximum absolute atomic E-state index is 12.7. The van der Waals surface area contributed by atoms with Crippen LogP contribution in [0, 0.1) is 10.1 Å². The number of nitrogens with zero attached hydrogens (tertiary/aromatic N) is 2. The van der Waals surface area contributed by atoms with Crippen LogP contribution < -0.4 is 9.46 Å². The second kappa shape index (κ2) is 6.36. The van der Waals surface area contributed by atoms with E-state index in [2.05, 4.69) is 9.71 Å². The number of rotatable bonds is 5. The number of ether oxygens (including phenoxy) is 1. The first-order valence-corrected chi connectivity index (χ1v) is 8.60. The van der Waals surface area contributed by atoms with Gasteiger partial charge in [-0.3, -0.25) is 19.8 Å². The molecule has 0 amide bonds. The summed E-state index contributed by atoms with van der Waals surface area (Å²) < 4.78 is 32.9. The Morgan fingerprint density at radius 3 is 2.64 bits per heavy atom. The number of para-hydroxylation sites is 1. The van der Waals surface area contributed by atoms with Gasteiger partial charge in [0.2, 0.25) is 0 Å². The molecule has 0 fully saturated rings. The third-order valence-electron chi connectivity index (χ3n) is 3.52. The summed E-state index contributed by atoms with van der Waals surface area (Å²) in [5.74, 6) is -0.116. The monoisotopic (exact) mass is 359 g/mol. The Kier molecular flexibility index (Phi) is 4.24. The van der Waals surface area contributed by atoms with E-state index < -0.39 is 14.9 Å². The number of sulfonamides is 1. The van der Waals surface area contributed by atoms with Gasteiger partial charge in [-0.1, -0.05) is 18.2 Å². The van der Waals surface area contributed by atoms with Gasteiger partial charge in [0.05, 0.1) is 29.3 Å². The van der Waals surface area contributed by atoms with Gasteiger partial charge in [-0.2, -0.15) is 0 Å². The average Bonchev–Trinajstić information content (AvgIpc) is 2.61. The van der Waals surface area contributed by atoms with Crippen LogP contribution in [0.3, 0.4) is 0 Å². The number of anilines is 1. The molecule has 0 saturated heterocycles. The molecule has 128 valence electrons. The topological polar surface area (TPSA) is 111 Å². The van der Waals surface area contributed by atoms with E-state index in [1.807, 2.05) is 12.1 Å². The van der Waals surface area contributed by atoms with Crippen LogP contribution in [-0.2, 0) is 10.0 Å². The molecule has 1 N–H and O–H groups in total. The van der Waals surface area contributed by atoms with E-state index in [4.69, 9.17) is 4.74 Å². The average molecular weight is 359 g/mol. The Labute approximate surface area is 143 Å². The SMILES string of the molecule is COc1cc([N+](=O)[O-])ccc1S(=O)(=O)Nc1cccc2cccnc12. The summed E-state index contributed by atoms with van der Waals surface area (Å²) in [5.41, 5.74) is 0.538. The molecular weight excluding hydrogens is 346 g/mol. The van der Waals surface area contributed by atoms with Gasteiger partial charge in [-0.05, 0) is 18.2 Å². The van der Waals surface area contributed by atoms with Crippen molar-refractivity contribution in [2.24, 2.45) is 0 Å². The van der Waals surface area contributed by atoms with Gasteiger partial charge in [0.15, 0.2) is 0 Å². The molecule has 0 aliphatic carbocycles. The fourth-order valence-corrected chi connectivity index (χ4v) is 3.60. The van der Waals surface area contributed by atoms with Gasteiger partial charge < -0.3 is 4.74 Å². The molecule has 3 aromatic rings. The van der Waals surface area contributed by atoms with E-state index in [9.17, 15) is 18.5 Å². The van der Waals surface area contributed by atoms with E-state index in [0.29, 0.717) is 11.2 Å². The number of nitro groups is 1. The lowest BCUT2D eigenvalue weighted by molar-refractivity contribution is -0.385. The van der Waals surface area contributed by atoms with Crippen LogP contribution in [0.25, 0.3) is 10.9 Å². The number of hydrogen-bond acceptors (Lipinski definition) is 6. The van der Waals surface area contributed by atoms with Gasteiger partial charge >= 0.3 is 0 Å². The molecular formula is C16H13N3O5S. The van der Waals surface area contributed by atoms with Gasteiger partial charge in [-0.25, -0.2) is 8.42 Å². The molecule has 3 rings (SSSR count). The van der Waals surface area contributed by atoms with E-state index in [1.54, 1.807) is 24.4 Å². The molecule has 0 radical (unpaired) electrons. The maximum Gasteiger partial charge on any atom is 0.273 e. The lowest BCUT2D eigenvalue weighted by atomic mass is 10.2. The molecule has 0 aliphatic heterocycles. The predicted octanol–water partition coefficient (Wildman–Crippen LogP) is 2.95. The van der Waals surface area contributed by atoms with Crippen LogP contribution >= 0.6 is 0 Å². The highest BCUT2D eigenvalue weighted by molar-refractivity contribution is 7.92. The second-order valence-corrected chi connectivity index (χ2v) is 6.73. The lowest BCUT2D eigenvalue weighted by Crippen LogP contribution is -2.14.